The number of hydrazone groups is 1. The van der Waals surface area contributed by atoms with Crippen LogP contribution in [0.15, 0.2) is 21.9 Å². The van der Waals surface area contributed by atoms with Crippen LogP contribution in [0.3, 0.4) is 0 Å². The van der Waals surface area contributed by atoms with Crippen molar-refractivity contribution in [3.05, 3.63) is 11.8 Å². The van der Waals surface area contributed by atoms with Gasteiger partial charge in [-0.2, -0.15) is 5.10 Å². The number of amidine groups is 1. The second kappa shape index (κ2) is 6.04. The first-order valence-electron chi connectivity index (χ1n) is 8.69. The van der Waals surface area contributed by atoms with Crippen molar-refractivity contribution < 1.29 is 24.5 Å². The fraction of sp³-hybridized carbons (Fsp3) is 0.706. The molecule has 9 nitrogen and oxygen atoms in total. The van der Waals surface area contributed by atoms with E-state index in [9.17, 15) is 15.0 Å². The number of nitrogens with two attached hydrogens (primary N) is 1. The maximum atomic E-state index is 11.8. The van der Waals surface area contributed by atoms with Gasteiger partial charge in [0.05, 0.1) is 17.7 Å². The van der Waals surface area contributed by atoms with Crippen molar-refractivity contribution in [2.24, 2.45) is 21.7 Å². The van der Waals surface area contributed by atoms with Crippen LogP contribution >= 0.6 is 0 Å². The van der Waals surface area contributed by atoms with Crippen LogP contribution in [-0.2, 0) is 14.3 Å². The summed E-state index contributed by atoms with van der Waals surface area (Å²) in [7, 11) is 0. The first-order valence-corrected chi connectivity index (χ1v) is 8.69. The lowest BCUT2D eigenvalue weighted by Crippen LogP contribution is -2.59. The Labute approximate surface area is 152 Å². The molecule has 0 aromatic heterocycles. The van der Waals surface area contributed by atoms with Crippen LogP contribution in [-0.4, -0.2) is 68.9 Å². The van der Waals surface area contributed by atoms with Crippen molar-refractivity contribution in [3.8, 4) is 0 Å². The summed E-state index contributed by atoms with van der Waals surface area (Å²) >= 11 is 0. The van der Waals surface area contributed by atoms with Crippen LogP contribution in [0.4, 0.5) is 0 Å². The van der Waals surface area contributed by atoms with Gasteiger partial charge in [0.25, 0.3) is 0 Å². The SMILES string of the molecule is C/C=C1/C(N)=NC=NN1C(C)[C@]1(C)O[C@@H]2C(OC(=O)C(C)C)[C@]2(O)[C@H]1O. The molecule has 4 N–H and O–H groups in total. The van der Waals surface area contributed by atoms with Crippen LogP contribution in [0, 0.1) is 5.92 Å². The van der Waals surface area contributed by atoms with Gasteiger partial charge < -0.3 is 25.4 Å². The average molecular weight is 366 g/mol. The Hall–Kier alpha value is -1.97. The first kappa shape index (κ1) is 18.8. The molecule has 2 unspecified atom stereocenters. The molecule has 0 aromatic rings. The molecular weight excluding hydrogens is 340 g/mol. The highest BCUT2D eigenvalue weighted by Gasteiger charge is 2.82. The first-order chi connectivity index (χ1) is 12.1. The third kappa shape index (κ3) is 2.45. The molecule has 9 heteroatoms. The van der Waals surface area contributed by atoms with Crippen LogP contribution in [0.1, 0.15) is 34.6 Å². The van der Waals surface area contributed by atoms with Gasteiger partial charge in [-0.25, -0.2) is 4.99 Å². The van der Waals surface area contributed by atoms with E-state index in [0.29, 0.717) is 11.5 Å². The van der Waals surface area contributed by atoms with Crippen molar-refractivity contribution in [2.75, 3.05) is 0 Å². The fourth-order valence-electron chi connectivity index (χ4n) is 3.56. The van der Waals surface area contributed by atoms with Crippen molar-refractivity contribution in [1.29, 1.82) is 0 Å². The Bertz CT molecular complexity index is 705. The highest BCUT2D eigenvalue weighted by Crippen LogP contribution is 2.57. The standard InChI is InChI=1S/C17H26N4O5/c1-6-10-13(18)19-7-20-21(10)9(4)16(5)15(23)17(24)11(12(17)26-16)25-14(22)8(2)3/h6-9,11-12,15,23-24H,1-5H3,(H2,18,19,20)/b10-6-/t9?,11?,12-,15+,16+,17-/m1/s1. The lowest BCUT2D eigenvalue weighted by atomic mass is 9.87. The minimum absolute atomic E-state index is 0.304. The van der Waals surface area contributed by atoms with E-state index in [0.717, 1.165) is 0 Å². The summed E-state index contributed by atoms with van der Waals surface area (Å²) < 4.78 is 11.2. The summed E-state index contributed by atoms with van der Waals surface area (Å²) in [6.45, 7) is 8.71. The fourth-order valence-corrected chi connectivity index (χ4v) is 3.56. The van der Waals surface area contributed by atoms with Gasteiger partial charge in [0, 0.05) is 0 Å². The maximum Gasteiger partial charge on any atom is 0.308 e. The predicted molar refractivity (Wildman–Crippen MR) is 94.1 cm³/mol. The van der Waals surface area contributed by atoms with Crippen molar-refractivity contribution >= 4 is 18.1 Å². The number of aliphatic imine (C=N–C) groups is 1. The van der Waals surface area contributed by atoms with E-state index in [4.69, 9.17) is 15.2 Å². The number of carbonyl (C=O) groups excluding carboxylic acids is 1. The number of hydrogen-bond donors (Lipinski definition) is 3. The zero-order valence-electron chi connectivity index (χ0n) is 15.6. The van der Waals surface area contributed by atoms with Gasteiger partial charge in [-0.3, -0.25) is 9.80 Å². The number of hydrogen-bond acceptors (Lipinski definition) is 9. The number of fused-ring (bicyclic) bond motifs is 1. The predicted octanol–water partition coefficient (Wildman–Crippen LogP) is -0.274. The maximum absolute atomic E-state index is 11.8. The Morgan fingerprint density at radius 3 is 2.65 bits per heavy atom. The van der Waals surface area contributed by atoms with Gasteiger partial charge in [-0.15, -0.1) is 0 Å². The second-order valence-corrected chi connectivity index (χ2v) is 7.46. The van der Waals surface area contributed by atoms with Crippen LogP contribution in [0.2, 0.25) is 0 Å². The zero-order chi connectivity index (χ0) is 19.4. The molecule has 0 aromatic carbocycles. The minimum atomic E-state index is -1.62. The molecule has 0 spiro atoms. The van der Waals surface area contributed by atoms with Crippen LogP contribution < -0.4 is 5.73 Å². The summed E-state index contributed by atoms with van der Waals surface area (Å²) in [5.74, 6) is -0.466. The summed E-state index contributed by atoms with van der Waals surface area (Å²) in [6, 6.07) is -0.465. The number of nitrogens with zero attached hydrogens (tertiary/aromatic N) is 3. The zero-order valence-corrected chi connectivity index (χ0v) is 15.6. The molecule has 26 heavy (non-hydrogen) atoms. The Morgan fingerprint density at radius 1 is 1.50 bits per heavy atom. The number of aliphatic hydroxyl groups excluding tert-OH is 1. The third-order valence-electron chi connectivity index (χ3n) is 5.51. The second-order valence-electron chi connectivity index (χ2n) is 7.46. The van der Waals surface area contributed by atoms with Gasteiger partial charge in [0.1, 0.15) is 24.1 Å². The molecule has 2 heterocycles. The smallest absolute Gasteiger partial charge is 0.308 e. The largest absolute Gasteiger partial charge is 0.456 e. The Morgan fingerprint density at radius 2 is 2.15 bits per heavy atom. The molecule has 144 valence electrons. The van der Waals surface area contributed by atoms with E-state index in [1.807, 2.05) is 6.92 Å². The number of ether oxygens (including phenoxy) is 2. The molecule has 0 radical (unpaired) electrons. The van der Waals surface area contributed by atoms with Crippen LogP contribution in [0.5, 0.6) is 0 Å². The minimum Gasteiger partial charge on any atom is -0.456 e. The van der Waals surface area contributed by atoms with Crippen molar-refractivity contribution in [3.63, 3.8) is 0 Å². The number of allylic oxidation sites excluding steroid dienone is 1. The highest BCUT2D eigenvalue weighted by atomic mass is 16.6. The normalized spacial score (nSPS) is 41.2. The lowest BCUT2D eigenvalue weighted by Gasteiger charge is -2.42. The topological polar surface area (TPSA) is 130 Å². The van der Waals surface area contributed by atoms with Gasteiger partial charge in [0.2, 0.25) is 0 Å². The van der Waals surface area contributed by atoms with E-state index in [1.165, 1.54) is 6.34 Å². The molecule has 6 atom stereocenters. The van der Waals surface area contributed by atoms with E-state index in [2.05, 4.69) is 10.1 Å². The number of esters is 1. The molecule has 0 amide bonds. The molecule has 2 aliphatic heterocycles. The van der Waals surface area contributed by atoms with E-state index in [-0.39, 0.29) is 5.92 Å². The van der Waals surface area contributed by atoms with Crippen molar-refractivity contribution in [1.82, 2.24) is 5.01 Å². The molecule has 0 bridgehead atoms. The number of carbonyl (C=O) groups is 1. The highest BCUT2D eigenvalue weighted by molar-refractivity contribution is 6.01. The number of rotatable bonds is 4. The summed E-state index contributed by atoms with van der Waals surface area (Å²) in [5, 5.41) is 27.5. The van der Waals surface area contributed by atoms with Gasteiger partial charge >= 0.3 is 5.97 Å². The van der Waals surface area contributed by atoms with E-state index >= 15 is 0 Å². The third-order valence-corrected chi connectivity index (χ3v) is 5.51. The quantitative estimate of drug-likeness (QED) is 0.584. The summed E-state index contributed by atoms with van der Waals surface area (Å²) in [5.41, 5.74) is 3.72. The molecule has 3 aliphatic rings. The molecule has 1 aliphatic carbocycles. The van der Waals surface area contributed by atoms with Crippen LogP contribution in [0.25, 0.3) is 0 Å². The molecule has 1 saturated heterocycles. The van der Waals surface area contributed by atoms with E-state index < -0.39 is 41.5 Å². The van der Waals surface area contributed by atoms with Gasteiger partial charge in [0.15, 0.2) is 17.5 Å². The number of aliphatic hydroxyl groups is 2. The summed E-state index contributed by atoms with van der Waals surface area (Å²) in [6.07, 6.45) is 0.172. The molecule has 2 fully saturated rings. The summed E-state index contributed by atoms with van der Waals surface area (Å²) in [4.78, 5) is 15.8. The molecular formula is C17H26N4O5. The lowest BCUT2D eigenvalue weighted by molar-refractivity contribution is -0.173. The van der Waals surface area contributed by atoms with Crippen molar-refractivity contribution in [2.45, 2.75) is 70.2 Å². The Kier molecular flexibility index (Phi) is 4.37. The van der Waals surface area contributed by atoms with Gasteiger partial charge in [-0.1, -0.05) is 19.9 Å². The molecule has 1 saturated carbocycles. The molecule has 3 rings (SSSR count). The van der Waals surface area contributed by atoms with Gasteiger partial charge in [-0.05, 0) is 20.8 Å². The Balaban J connectivity index is 1.78. The average Bonchev–Trinajstić information content (AvgIpc) is 3.07. The van der Waals surface area contributed by atoms with E-state index in [1.54, 1.807) is 38.8 Å². The monoisotopic (exact) mass is 366 g/mol.